The zero-order valence-electron chi connectivity index (χ0n) is 12.5. The Balaban J connectivity index is 4.63. The molecule has 2 nitrogen and oxygen atoms in total. The number of aliphatic hydroxyl groups is 1. The van der Waals surface area contributed by atoms with Crippen LogP contribution in [0.5, 0.6) is 0 Å². The molecular weight excluding hydrogens is 210 g/mol. The second-order valence-corrected chi connectivity index (χ2v) is 5.48. The molecule has 0 aromatic carbocycles. The summed E-state index contributed by atoms with van der Waals surface area (Å²) in [7, 11) is 0. The Morgan fingerprint density at radius 3 is 1.41 bits per heavy atom. The smallest absolute Gasteiger partial charge is 0.110 e. The lowest BCUT2D eigenvalue weighted by atomic mass is 10.1. The van der Waals surface area contributed by atoms with Crippen LogP contribution in [-0.2, 0) is 0 Å². The predicted molar refractivity (Wildman–Crippen MR) is 76.1 cm³/mol. The van der Waals surface area contributed by atoms with Crippen LogP contribution in [0.2, 0.25) is 0 Å². The van der Waals surface area contributed by atoms with Crippen LogP contribution in [0.1, 0.15) is 66.2 Å². The molecule has 0 rings (SSSR count). The highest BCUT2D eigenvalue weighted by molar-refractivity contribution is 4.56. The largest absolute Gasteiger partial charge is 0.390 e. The summed E-state index contributed by atoms with van der Waals surface area (Å²) in [6, 6.07) is 0.402. The Morgan fingerprint density at radius 1 is 0.824 bits per heavy atom. The Kier molecular flexibility index (Phi) is 9.85. The van der Waals surface area contributed by atoms with Gasteiger partial charge in [0.1, 0.15) is 6.04 Å². The van der Waals surface area contributed by atoms with Crippen molar-refractivity contribution < 1.29 is 9.59 Å². The summed E-state index contributed by atoms with van der Waals surface area (Å²) in [5.41, 5.74) is 0. The monoisotopic (exact) mass is 244 g/mol. The summed E-state index contributed by atoms with van der Waals surface area (Å²) in [4.78, 5) is 0. The van der Waals surface area contributed by atoms with Crippen molar-refractivity contribution in [3.05, 3.63) is 0 Å². The molecule has 17 heavy (non-hydrogen) atoms. The van der Waals surface area contributed by atoms with Crippen molar-refractivity contribution in [2.75, 3.05) is 26.2 Å². The first-order valence-electron chi connectivity index (χ1n) is 7.63. The van der Waals surface area contributed by atoms with Gasteiger partial charge in [-0.05, 0) is 26.2 Å². The number of quaternary nitrogens is 1. The summed E-state index contributed by atoms with van der Waals surface area (Å²) in [5, 5.41) is 9.55. The molecular formula is C15H34NO+. The van der Waals surface area contributed by atoms with Crippen LogP contribution >= 0.6 is 0 Å². The molecule has 0 aliphatic rings. The van der Waals surface area contributed by atoms with Gasteiger partial charge in [-0.1, -0.05) is 40.0 Å². The minimum atomic E-state index is 0.330. The SMILES string of the molecule is CCCC[N+](CCCC)(CCCC)C(C)CO. The molecule has 0 bridgehead atoms. The number of hydrogen-bond acceptors (Lipinski definition) is 1. The van der Waals surface area contributed by atoms with Gasteiger partial charge >= 0.3 is 0 Å². The number of rotatable bonds is 11. The second kappa shape index (κ2) is 9.90. The van der Waals surface area contributed by atoms with Crippen LogP contribution in [0.4, 0.5) is 0 Å². The van der Waals surface area contributed by atoms with Crippen LogP contribution in [0.25, 0.3) is 0 Å². The van der Waals surface area contributed by atoms with Crippen LogP contribution in [0.3, 0.4) is 0 Å². The standard InChI is InChI=1S/C15H34NO/c1-5-8-11-16(12-9-6-2,13-10-7-3)15(4)14-17/h15,17H,5-14H2,1-4H3/q+1. The molecule has 0 saturated heterocycles. The fourth-order valence-corrected chi connectivity index (χ4v) is 2.59. The summed E-state index contributed by atoms with van der Waals surface area (Å²) < 4.78 is 1.14. The lowest BCUT2D eigenvalue weighted by molar-refractivity contribution is -0.950. The van der Waals surface area contributed by atoms with E-state index in [-0.39, 0.29) is 0 Å². The van der Waals surface area contributed by atoms with E-state index in [2.05, 4.69) is 27.7 Å². The number of hydrogen-bond donors (Lipinski definition) is 1. The molecule has 0 fully saturated rings. The quantitative estimate of drug-likeness (QED) is 0.551. The van der Waals surface area contributed by atoms with E-state index in [4.69, 9.17) is 0 Å². The molecule has 0 aromatic rings. The minimum Gasteiger partial charge on any atom is -0.390 e. The zero-order chi connectivity index (χ0) is 13.1. The summed E-state index contributed by atoms with van der Waals surface area (Å²) in [6.07, 6.45) is 7.65. The third-order valence-corrected chi connectivity index (χ3v) is 4.07. The molecule has 0 aliphatic carbocycles. The number of nitrogens with zero attached hydrogens (tertiary/aromatic N) is 1. The van der Waals surface area contributed by atoms with Gasteiger partial charge < -0.3 is 9.59 Å². The summed E-state index contributed by atoms with van der Waals surface area (Å²) >= 11 is 0. The lowest BCUT2D eigenvalue weighted by Gasteiger charge is -2.43. The Morgan fingerprint density at radius 2 is 1.18 bits per heavy atom. The van der Waals surface area contributed by atoms with Gasteiger partial charge in [0.15, 0.2) is 0 Å². The Bertz CT molecular complexity index is 149. The van der Waals surface area contributed by atoms with E-state index in [0.29, 0.717) is 12.6 Å². The van der Waals surface area contributed by atoms with Crippen molar-refractivity contribution in [2.45, 2.75) is 72.3 Å². The molecule has 1 unspecified atom stereocenters. The molecule has 0 heterocycles. The fourth-order valence-electron chi connectivity index (χ4n) is 2.59. The van der Waals surface area contributed by atoms with Gasteiger partial charge in [-0.15, -0.1) is 0 Å². The molecule has 1 N–H and O–H groups in total. The van der Waals surface area contributed by atoms with Gasteiger partial charge in [-0.3, -0.25) is 0 Å². The van der Waals surface area contributed by atoms with E-state index >= 15 is 0 Å². The first-order valence-corrected chi connectivity index (χ1v) is 7.63. The van der Waals surface area contributed by atoms with E-state index in [0.717, 1.165) is 4.48 Å². The van der Waals surface area contributed by atoms with Crippen LogP contribution in [0.15, 0.2) is 0 Å². The minimum absolute atomic E-state index is 0.330. The lowest BCUT2D eigenvalue weighted by Crippen LogP contribution is -2.57. The van der Waals surface area contributed by atoms with E-state index in [1.807, 2.05) is 0 Å². The van der Waals surface area contributed by atoms with Crippen LogP contribution in [-0.4, -0.2) is 41.9 Å². The molecule has 0 saturated carbocycles. The van der Waals surface area contributed by atoms with E-state index in [1.165, 1.54) is 58.2 Å². The first kappa shape index (κ1) is 16.9. The van der Waals surface area contributed by atoms with E-state index in [9.17, 15) is 5.11 Å². The number of unbranched alkanes of at least 4 members (excludes halogenated alkanes) is 3. The maximum Gasteiger partial charge on any atom is 0.110 e. The maximum absolute atomic E-state index is 9.55. The predicted octanol–water partition coefficient (Wildman–Crippen LogP) is 3.58. The topological polar surface area (TPSA) is 20.2 Å². The second-order valence-electron chi connectivity index (χ2n) is 5.48. The molecule has 0 aliphatic heterocycles. The van der Waals surface area contributed by atoms with E-state index in [1.54, 1.807) is 0 Å². The average molecular weight is 244 g/mol. The zero-order valence-corrected chi connectivity index (χ0v) is 12.5. The molecule has 2 heteroatoms. The van der Waals surface area contributed by atoms with Crippen LogP contribution in [0, 0.1) is 0 Å². The van der Waals surface area contributed by atoms with Crippen molar-refractivity contribution in [2.24, 2.45) is 0 Å². The normalized spacial score (nSPS) is 13.9. The highest BCUT2D eigenvalue weighted by Gasteiger charge is 2.31. The average Bonchev–Trinajstić information content (AvgIpc) is 2.37. The highest BCUT2D eigenvalue weighted by atomic mass is 16.3. The van der Waals surface area contributed by atoms with Crippen molar-refractivity contribution in [1.29, 1.82) is 0 Å². The Hall–Kier alpha value is -0.0800. The molecule has 104 valence electrons. The first-order chi connectivity index (χ1) is 8.16. The van der Waals surface area contributed by atoms with E-state index < -0.39 is 0 Å². The molecule has 0 aromatic heterocycles. The van der Waals surface area contributed by atoms with Gasteiger partial charge in [-0.2, -0.15) is 0 Å². The highest BCUT2D eigenvalue weighted by Crippen LogP contribution is 2.19. The van der Waals surface area contributed by atoms with Crippen molar-refractivity contribution >= 4 is 0 Å². The van der Waals surface area contributed by atoms with Crippen molar-refractivity contribution in [3.8, 4) is 0 Å². The molecule has 0 radical (unpaired) electrons. The Labute approximate surface area is 109 Å². The summed E-state index contributed by atoms with van der Waals surface area (Å²) in [6.45, 7) is 13.1. The molecule has 1 atom stereocenters. The number of aliphatic hydroxyl groups excluding tert-OH is 1. The third-order valence-electron chi connectivity index (χ3n) is 4.07. The fraction of sp³-hybridized carbons (Fsp3) is 1.00. The van der Waals surface area contributed by atoms with Gasteiger partial charge in [0.25, 0.3) is 0 Å². The maximum atomic E-state index is 9.55. The van der Waals surface area contributed by atoms with Gasteiger partial charge in [0.05, 0.1) is 26.2 Å². The molecule has 0 amide bonds. The molecule has 0 spiro atoms. The van der Waals surface area contributed by atoms with Crippen LogP contribution < -0.4 is 0 Å². The summed E-state index contributed by atoms with van der Waals surface area (Å²) in [5.74, 6) is 0. The van der Waals surface area contributed by atoms with Gasteiger partial charge in [-0.25, -0.2) is 0 Å². The van der Waals surface area contributed by atoms with Gasteiger partial charge in [0, 0.05) is 0 Å². The third kappa shape index (κ3) is 5.87. The van der Waals surface area contributed by atoms with Crippen molar-refractivity contribution in [3.63, 3.8) is 0 Å². The van der Waals surface area contributed by atoms with Crippen molar-refractivity contribution in [1.82, 2.24) is 0 Å². The van der Waals surface area contributed by atoms with Gasteiger partial charge in [0.2, 0.25) is 0 Å².